The van der Waals surface area contributed by atoms with Gasteiger partial charge in [0.2, 0.25) is 0 Å². The van der Waals surface area contributed by atoms with Crippen LogP contribution in [0.5, 0.6) is 0 Å². The molecule has 92 valence electrons. The second-order valence-corrected chi connectivity index (χ2v) is 4.05. The van der Waals surface area contributed by atoms with Gasteiger partial charge in [-0.25, -0.2) is 4.79 Å². The molecule has 2 heterocycles. The van der Waals surface area contributed by atoms with Gasteiger partial charge in [-0.3, -0.25) is 4.90 Å². The van der Waals surface area contributed by atoms with Gasteiger partial charge in [-0.2, -0.15) is 0 Å². The molecule has 6 nitrogen and oxygen atoms in total. The summed E-state index contributed by atoms with van der Waals surface area (Å²) in [5.41, 5.74) is 0.638. The summed E-state index contributed by atoms with van der Waals surface area (Å²) in [5.74, 6) is 0.700. The predicted octanol–water partition coefficient (Wildman–Crippen LogP) is 0.213. The van der Waals surface area contributed by atoms with Gasteiger partial charge in [0.05, 0.1) is 13.7 Å². The topological polar surface area (TPSA) is 60.2 Å². The summed E-state index contributed by atoms with van der Waals surface area (Å²) in [7, 11) is 1.39. The van der Waals surface area contributed by atoms with Crippen LogP contribution < -0.4 is 0 Å². The van der Waals surface area contributed by atoms with Crippen molar-refractivity contribution < 1.29 is 9.53 Å². The Hall–Kier alpha value is -1.69. The van der Waals surface area contributed by atoms with Crippen LogP contribution in [0.25, 0.3) is 0 Å². The summed E-state index contributed by atoms with van der Waals surface area (Å²) in [6.45, 7) is 5.10. The van der Waals surface area contributed by atoms with Crippen LogP contribution in [0.4, 0.5) is 0 Å². The maximum Gasteiger partial charge on any atom is 0.333 e. The van der Waals surface area contributed by atoms with Gasteiger partial charge in [-0.15, -0.1) is 10.2 Å². The lowest BCUT2D eigenvalue weighted by Gasteiger charge is -2.25. The lowest BCUT2D eigenvalue weighted by molar-refractivity contribution is -0.136. The molecule has 0 aromatic carbocycles. The van der Waals surface area contributed by atoms with Crippen molar-refractivity contribution in [2.24, 2.45) is 0 Å². The van der Waals surface area contributed by atoms with Gasteiger partial charge in [0.1, 0.15) is 12.2 Å². The fourth-order valence-corrected chi connectivity index (χ4v) is 1.78. The summed E-state index contributed by atoms with van der Waals surface area (Å²) >= 11 is 0. The summed E-state index contributed by atoms with van der Waals surface area (Å²) < 4.78 is 6.69. The predicted molar refractivity (Wildman–Crippen MR) is 61.1 cm³/mol. The molecule has 0 spiro atoms. The van der Waals surface area contributed by atoms with Crippen molar-refractivity contribution in [3.05, 3.63) is 23.8 Å². The Bertz CT molecular complexity index is 438. The van der Waals surface area contributed by atoms with Crippen molar-refractivity contribution in [3.63, 3.8) is 0 Å². The number of carbonyl (C=O) groups excluding carboxylic acids is 1. The molecule has 1 aliphatic rings. The van der Waals surface area contributed by atoms with Gasteiger partial charge in [-0.05, 0) is 6.92 Å². The van der Waals surface area contributed by atoms with E-state index in [0.717, 1.165) is 32.0 Å². The summed E-state index contributed by atoms with van der Waals surface area (Å²) in [5, 5.41) is 7.92. The number of rotatable bonds is 3. The lowest BCUT2D eigenvalue weighted by Crippen LogP contribution is -2.33. The number of aromatic nitrogens is 3. The molecule has 0 fully saturated rings. The zero-order valence-corrected chi connectivity index (χ0v) is 10.1. The van der Waals surface area contributed by atoms with Gasteiger partial charge >= 0.3 is 5.97 Å². The standard InChI is InChI=1S/C11H16N4O2/c1-9(11(16)17-2)3-4-14-5-6-15-8-12-13-10(15)7-14/h3,8H,4-7H2,1-2H3. The first-order chi connectivity index (χ1) is 8.20. The Kier molecular flexibility index (Phi) is 3.53. The minimum absolute atomic E-state index is 0.273. The van der Waals surface area contributed by atoms with Crippen molar-refractivity contribution in [1.29, 1.82) is 0 Å². The van der Waals surface area contributed by atoms with Crippen LogP contribution in [0.2, 0.25) is 0 Å². The highest BCUT2D eigenvalue weighted by molar-refractivity contribution is 5.87. The number of methoxy groups -OCH3 is 1. The maximum absolute atomic E-state index is 11.2. The zero-order chi connectivity index (χ0) is 12.3. The summed E-state index contributed by atoms with van der Waals surface area (Å²) in [6, 6.07) is 0. The smallest absolute Gasteiger partial charge is 0.333 e. The Morgan fingerprint density at radius 3 is 3.18 bits per heavy atom. The van der Waals surface area contributed by atoms with Crippen molar-refractivity contribution in [3.8, 4) is 0 Å². The molecule has 2 rings (SSSR count). The Balaban J connectivity index is 1.92. The first-order valence-electron chi connectivity index (χ1n) is 5.55. The average Bonchev–Trinajstić information content (AvgIpc) is 2.82. The Morgan fingerprint density at radius 2 is 2.41 bits per heavy atom. The van der Waals surface area contributed by atoms with Gasteiger partial charge in [0.15, 0.2) is 0 Å². The first kappa shape index (κ1) is 11.8. The molecule has 0 saturated heterocycles. The monoisotopic (exact) mass is 236 g/mol. The normalized spacial score (nSPS) is 16.7. The highest BCUT2D eigenvalue weighted by Crippen LogP contribution is 2.09. The number of nitrogens with zero attached hydrogens (tertiary/aromatic N) is 4. The van der Waals surface area contributed by atoms with Crippen molar-refractivity contribution >= 4 is 5.97 Å². The number of carbonyl (C=O) groups is 1. The zero-order valence-electron chi connectivity index (χ0n) is 10.1. The average molecular weight is 236 g/mol. The second kappa shape index (κ2) is 5.09. The van der Waals surface area contributed by atoms with E-state index in [2.05, 4.69) is 19.8 Å². The molecule has 0 saturated carbocycles. The molecule has 1 aromatic heterocycles. The summed E-state index contributed by atoms with van der Waals surface area (Å²) in [4.78, 5) is 13.4. The van der Waals surface area contributed by atoms with Crippen molar-refractivity contribution in [1.82, 2.24) is 19.7 Å². The van der Waals surface area contributed by atoms with Crippen LogP contribution in [0.15, 0.2) is 18.0 Å². The molecule has 0 bridgehead atoms. The molecule has 1 aromatic rings. The third kappa shape index (κ3) is 2.71. The third-order valence-electron chi connectivity index (χ3n) is 2.88. The highest BCUT2D eigenvalue weighted by Gasteiger charge is 2.16. The number of hydrogen-bond acceptors (Lipinski definition) is 5. The van der Waals surface area contributed by atoms with E-state index in [4.69, 9.17) is 0 Å². The van der Waals surface area contributed by atoms with E-state index in [1.54, 1.807) is 13.3 Å². The van der Waals surface area contributed by atoms with Gasteiger partial charge in [0, 0.05) is 25.2 Å². The Morgan fingerprint density at radius 1 is 1.59 bits per heavy atom. The minimum atomic E-state index is -0.273. The molecule has 1 aliphatic heterocycles. The van der Waals surface area contributed by atoms with Gasteiger partial charge < -0.3 is 9.30 Å². The van der Waals surface area contributed by atoms with Crippen molar-refractivity contribution in [2.45, 2.75) is 20.0 Å². The quantitative estimate of drug-likeness (QED) is 0.554. The summed E-state index contributed by atoms with van der Waals surface area (Å²) in [6.07, 6.45) is 3.64. The molecule has 0 radical (unpaired) electrons. The van der Waals surface area contributed by atoms with Crippen LogP contribution in [-0.4, -0.2) is 45.8 Å². The van der Waals surface area contributed by atoms with E-state index < -0.39 is 0 Å². The molecule has 0 aliphatic carbocycles. The molecule has 0 atom stereocenters. The Labute approximate surface area is 99.9 Å². The molecular formula is C11H16N4O2. The van der Waals surface area contributed by atoms with Crippen LogP contribution in [0.1, 0.15) is 12.7 Å². The third-order valence-corrected chi connectivity index (χ3v) is 2.88. The van der Waals surface area contributed by atoms with E-state index in [1.807, 2.05) is 10.6 Å². The maximum atomic E-state index is 11.2. The molecule has 6 heteroatoms. The largest absolute Gasteiger partial charge is 0.466 e. The minimum Gasteiger partial charge on any atom is -0.466 e. The van der Waals surface area contributed by atoms with Crippen LogP contribution in [0.3, 0.4) is 0 Å². The second-order valence-electron chi connectivity index (χ2n) is 4.05. The fraction of sp³-hybridized carbons (Fsp3) is 0.545. The van der Waals surface area contributed by atoms with Crippen molar-refractivity contribution in [2.75, 3.05) is 20.2 Å². The van der Waals surface area contributed by atoms with Crippen LogP contribution in [0, 0.1) is 0 Å². The van der Waals surface area contributed by atoms with Crippen LogP contribution >= 0.6 is 0 Å². The van der Waals surface area contributed by atoms with Gasteiger partial charge in [-0.1, -0.05) is 6.08 Å². The van der Waals surface area contributed by atoms with E-state index in [1.165, 1.54) is 7.11 Å². The van der Waals surface area contributed by atoms with E-state index in [-0.39, 0.29) is 5.97 Å². The lowest BCUT2D eigenvalue weighted by atomic mass is 10.2. The molecular weight excluding hydrogens is 220 g/mol. The van der Waals surface area contributed by atoms with Crippen LogP contribution in [-0.2, 0) is 22.6 Å². The number of fused-ring (bicyclic) bond motifs is 1. The fourth-order valence-electron chi connectivity index (χ4n) is 1.78. The number of esters is 1. The first-order valence-corrected chi connectivity index (χ1v) is 5.55. The SMILES string of the molecule is COC(=O)C(C)=CCN1CCn2cnnc2C1. The van der Waals surface area contributed by atoms with Gasteiger partial charge in [0.25, 0.3) is 0 Å². The molecule has 0 amide bonds. The number of hydrogen-bond donors (Lipinski definition) is 0. The highest BCUT2D eigenvalue weighted by atomic mass is 16.5. The molecule has 0 unspecified atom stereocenters. The number of ether oxygens (including phenoxy) is 1. The molecule has 17 heavy (non-hydrogen) atoms. The van der Waals surface area contributed by atoms with E-state index in [9.17, 15) is 4.79 Å². The van der Waals surface area contributed by atoms with E-state index in [0.29, 0.717) is 5.57 Å². The molecule has 0 N–H and O–H groups in total. The van der Waals surface area contributed by atoms with E-state index >= 15 is 0 Å².